The number of carbonyl (C=O) groups is 3. The fraction of sp³-hybridized carbons (Fsp3) is 0.192. The average molecular weight is 462 g/mol. The third-order valence-electron chi connectivity index (χ3n) is 6.00. The number of halogens is 1. The molecule has 6 nitrogen and oxygen atoms in total. The number of amides is 4. The molecule has 4 amide bonds. The number of hydrogen-bond donors (Lipinski definition) is 1. The fourth-order valence-electron chi connectivity index (χ4n) is 4.12. The van der Waals surface area contributed by atoms with Crippen molar-refractivity contribution >= 4 is 29.4 Å². The number of imide groups is 1. The third-order valence-corrected chi connectivity index (χ3v) is 6.25. The van der Waals surface area contributed by atoms with Crippen LogP contribution in [0, 0.1) is 0 Å². The van der Waals surface area contributed by atoms with E-state index in [4.69, 9.17) is 11.6 Å². The standard InChI is InChI=1S/C26H24ClN3O3/c1-26(20-13-15-21(27)16-14-20)24(32)30(25(33)28-26)17-22(31)29(2)23(18-9-5-3-6-10-18)19-11-7-4-8-12-19/h3-16,23H,17H2,1-2H3,(H,28,33). The van der Waals surface area contributed by atoms with E-state index in [-0.39, 0.29) is 18.5 Å². The molecule has 1 atom stereocenters. The van der Waals surface area contributed by atoms with Crippen molar-refractivity contribution in [3.8, 4) is 0 Å². The Kier molecular flexibility index (Phi) is 6.20. The van der Waals surface area contributed by atoms with E-state index in [0.29, 0.717) is 10.6 Å². The van der Waals surface area contributed by atoms with Crippen LogP contribution in [-0.4, -0.2) is 41.2 Å². The Labute approximate surface area is 197 Å². The van der Waals surface area contributed by atoms with Gasteiger partial charge in [-0.2, -0.15) is 0 Å². The Balaban J connectivity index is 1.58. The molecule has 0 aromatic heterocycles. The first-order chi connectivity index (χ1) is 15.8. The van der Waals surface area contributed by atoms with E-state index in [0.717, 1.165) is 16.0 Å². The summed E-state index contributed by atoms with van der Waals surface area (Å²) < 4.78 is 0. The van der Waals surface area contributed by atoms with Crippen LogP contribution in [0.4, 0.5) is 4.79 Å². The quantitative estimate of drug-likeness (QED) is 0.555. The first-order valence-corrected chi connectivity index (χ1v) is 10.9. The van der Waals surface area contributed by atoms with Gasteiger partial charge in [0.05, 0.1) is 6.04 Å². The highest BCUT2D eigenvalue weighted by atomic mass is 35.5. The monoisotopic (exact) mass is 461 g/mol. The molecule has 33 heavy (non-hydrogen) atoms. The second kappa shape index (κ2) is 9.08. The maximum atomic E-state index is 13.3. The molecule has 4 rings (SSSR count). The van der Waals surface area contributed by atoms with Crippen LogP contribution in [0.3, 0.4) is 0 Å². The van der Waals surface area contributed by atoms with Gasteiger partial charge in [-0.15, -0.1) is 0 Å². The van der Waals surface area contributed by atoms with Gasteiger partial charge < -0.3 is 10.2 Å². The zero-order valence-corrected chi connectivity index (χ0v) is 19.1. The van der Waals surface area contributed by atoms with E-state index in [2.05, 4.69) is 5.32 Å². The fourth-order valence-corrected chi connectivity index (χ4v) is 4.25. The van der Waals surface area contributed by atoms with Gasteiger partial charge in [-0.05, 0) is 35.7 Å². The van der Waals surface area contributed by atoms with E-state index in [1.54, 1.807) is 43.1 Å². The molecule has 1 fully saturated rings. The Morgan fingerprint density at radius 1 is 0.939 bits per heavy atom. The van der Waals surface area contributed by atoms with Crippen LogP contribution in [0.1, 0.15) is 29.7 Å². The zero-order valence-electron chi connectivity index (χ0n) is 18.4. The van der Waals surface area contributed by atoms with Crippen LogP contribution in [0.25, 0.3) is 0 Å². The number of likely N-dealkylation sites (N-methyl/N-ethyl adjacent to an activating group) is 1. The second-order valence-electron chi connectivity index (χ2n) is 8.18. The van der Waals surface area contributed by atoms with Crippen molar-refractivity contribution in [3.05, 3.63) is 107 Å². The Hall–Kier alpha value is -3.64. The van der Waals surface area contributed by atoms with Crippen molar-refractivity contribution in [1.29, 1.82) is 0 Å². The van der Waals surface area contributed by atoms with Crippen LogP contribution < -0.4 is 5.32 Å². The van der Waals surface area contributed by atoms with Crippen LogP contribution in [0.15, 0.2) is 84.9 Å². The molecule has 1 aliphatic rings. The van der Waals surface area contributed by atoms with Crippen LogP contribution in [0.2, 0.25) is 5.02 Å². The third kappa shape index (κ3) is 4.34. The minimum absolute atomic E-state index is 0.350. The highest BCUT2D eigenvalue weighted by molar-refractivity contribution is 6.30. The minimum Gasteiger partial charge on any atom is -0.333 e. The van der Waals surface area contributed by atoms with E-state index in [1.807, 2.05) is 60.7 Å². The van der Waals surface area contributed by atoms with E-state index in [1.165, 1.54) is 0 Å². The maximum absolute atomic E-state index is 13.3. The van der Waals surface area contributed by atoms with E-state index < -0.39 is 17.5 Å². The first kappa shape index (κ1) is 22.6. The van der Waals surface area contributed by atoms with Gasteiger partial charge in [0.2, 0.25) is 5.91 Å². The summed E-state index contributed by atoms with van der Waals surface area (Å²) in [5.41, 5.74) is 1.20. The highest BCUT2D eigenvalue weighted by Crippen LogP contribution is 2.31. The molecular weight excluding hydrogens is 438 g/mol. The number of benzene rings is 3. The summed E-state index contributed by atoms with van der Waals surface area (Å²) in [5, 5.41) is 3.25. The summed E-state index contributed by atoms with van der Waals surface area (Å²) in [6.45, 7) is 1.27. The predicted octanol–water partition coefficient (Wildman–Crippen LogP) is 4.36. The number of nitrogens with zero attached hydrogens (tertiary/aromatic N) is 2. The smallest absolute Gasteiger partial charge is 0.325 e. The summed E-state index contributed by atoms with van der Waals surface area (Å²) in [6, 6.07) is 25.0. The second-order valence-corrected chi connectivity index (χ2v) is 8.62. The molecule has 7 heteroatoms. The maximum Gasteiger partial charge on any atom is 0.325 e. The lowest BCUT2D eigenvalue weighted by molar-refractivity contribution is -0.139. The minimum atomic E-state index is -1.27. The van der Waals surface area contributed by atoms with Gasteiger partial charge in [-0.25, -0.2) is 4.79 Å². The molecule has 0 aliphatic carbocycles. The molecule has 1 saturated heterocycles. The lowest BCUT2D eigenvalue weighted by Gasteiger charge is -2.30. The lowest BCUT2D eigenvalue weighted by atomic mass is 9.92. The molecule has 0 bridgehead atoms. The lowest BCUT2D eigenvalue weighted by Crippen LogP contribution is -2.44. The summed E-state index contributed by atoms with van der Waals surface area (Å²) in [5.74, 6) is -0.830. The largest absolute Gasteiger partial charge is 0.333 e. The van der Waals surface area contributed by atoms with Gasteiger partial charge in [-0.3, -0.25) is 14.5 Å². The summed E-state index contributed by atoms with van der Waals surface area (Å²) in [4.78, 5) is 41.8. The SMILES string of the molecule is CN(C(=O)CN1C(=O)NC(C)(c2ccc(Cl)cc2)C1=O)C(c1ccccc1)c1ccccc1. The molecule has 1 aliphatic heterocycles. The van der Waals surface area contributed by atoms with Crippen LogP contribution in [0.5, 0.6) is 0 Å². The Morgan fingerprint density at radius 2 is 1.45 bits per heavy atom. The number of urea groups is 1. The molecule has 1 unspecified atom stereocenters. The van der Waals surface area contributed by atoms with Crippen LogP contribution >= 0.6 is 11.6 Å². The van der Waals surface area contributed by atoms with Gasteiger partial charge in [0.25, 0.3) is 5.91 Å². The van der Waals surface area contributed by atoms with Crippen molar-refractivity contribution in [2.75, 3.05) is 13.6 Å². The van der Waals surface area contributed by atoms with Crippen molar-refractivity contribution in [1.82, 2.24) is 15.1 Å². The first-order valence-electron chi connectivity index (χ1n) is 10.6. The summed E-state index contributed by atoms with van der Waals surface area (Å²) >= 11 is 5.96. The number of hydrogen-bond acceptors (Lipinski definition) is 3. The van der Waals surface area contributed by atoms with Crippen molar-refractivity contribution < 1.29 is 14.4 Å². The molecular formula is C26H24ClN3O3. The Morgan fingerprint density at radius 3 is 1.97 bits per heavy atom. The van der Waals surface area contributed by atoms with Gasteiger partial charge in [0.1, 0.15) is 12.1 Å². The van der Waals surface area contributed by atoms with E-state index >= 15 is 0 Å². The van der Waals surface area contributed by atoms with Crippen LogP contribution in [-0.2, 0) is 15.1 Å². The number of carbonyl (C=O) groups excluding carboxylic acids is 3. The van der Waals surface area contributed by atoms with Crippen molar-refractivity contribution in [3.63, 3.8) is 0 Å². The zero-order chi connectivity index (χ0) is 23.6. The average Bonchev–Trinajstić information content (AvgIpc) is 3.04. The predicted molar refractivity (Wildman–Crippen MR) is 127 cm³/mol. The topological polar surface area (TPSA) is 69.7 Å². The van der Waals surface area contributed by atoms with Crippen molar-refractivity contribution in [2.24, 2.45) is 0 Å². The molecule has 1 N–H and O–H groups in total. The molecule has 3 aromatic rings. The molecule has 168 valence electrons. The summed E-state index contributed by atoms with van der Waals surface area (Å²) in [7, 11) is 1.68. The van der Waals surface area contributed by atoms with Gasteiger partial charge >= 0.3 is 6.03 Å². The number of nitrogens with one attached hydrogen (secondary N) is 1. The molecule has 0 spiro atoms. The van der Waals surface area contributed by atoms with E-state index in [9.17, 15) is 14.4 Å². The van der Waals surface area contributed by atoms with Gasteiger partial charge in [-0.1, -0.05) is 84.4 Å². The Bertz CT molecular complexity index is 1130. The summed E-state index contributed by atoms with van der Waals surface area (Å²) in [6.07, 6.45) is 0. The molecule has 1 heterocycles. The number of rotatable bonds is 6. The molecule has 0 saturated carbocycles. The molecule has 0 radical (unpaired) electrons. The normalized spacial score (nSPS) is 17.9. The highest BCUT2D eigenvalue weighted by Gasteiger charge is 2.49. The molecule has 3 aromatic carbocycles. The van der Waals surface area contributed by atoms with Gasteiger partial charge in [0.15, 0.2) is 0 Å². The van der Waals surface area contributed by atoms with Gasteiger partial charge in [0, 0.05) is 12.1 Å². The van der Waals surface area contributed by atoms with Crippen molar-refractivity contribution in [2.45, 2.75) is 18.5 Å².